The largest absolute Gasteiger partial charge is 0.356 e. The van der Waals surface area contributed by atoms with E-state index in [1.54, 1.807) is 7.05 Å². The third kappa shape index (κ3) is 9.43. The number of carbonyl (C=O) groups is 1. The van der Waals surface area contributed by atoms with Crippen LogP contribution in [0.3, 0.4) is 0 Å². The molecule has 5 nitrogen and oxygen atoms in total. The minimum absolute atomic E-state index is 0. The van der Waals surface area contributed by atoms with Gasteiger partial charge in [0.05, 0.1) is 0 Å². The fraction of sp³-hybridized carbons (Fsp3) is 0.529. The third-order valence-electron chi connectivity index (χ3n) is 3.43. The number of nitrogens with one attached hydrogen (secondary N) is 3. The van der Waals surface area contributed by atoms with E-state index in [0.29, 0.717) is 25.5 Å². The van der Waals surface area contributed by atoms with Crippen LogP contribution in [0.2, 0.25) is 0 Å². The van der Waals surface area contributed by atoms with Crippen LogP contribution in [0.1, 0.15) is 37.8 Å². The molecule has 0 aromatic heterocycles. The molecule has 0 heterocycles. The molecule has 0 saturated carbocycles. The Morgan fingerprint density at radius 3 is 2.65 bits per heavy atom. The van der Waals surface area contributed by atoms with Gasteiger partial charge in [-0.3, -0.25) is 9.79 Å². The van der Waals surface area contributed by atoms with E-state index in [1.165, 1.54) is 11.1 Å². The molecular formula is C17H29IN4O. The number of carbonyl (C=O) groups excluding carboxylic acids is 1. The summed E-state index contributed by atoms with van der Waals surface area (Å²) in [5, 5.41) is 9.35. The van der Waals surface area contributed by atoms with E-state index >= 15 is 0 Å². The summed E-state index contributed by atoms with van der Waals surface area (Å²) in [5.41, 5.74) is 2.45. The number of aryl methyl sites for hydroxylation is 1. The van der Waals surface area contributed by atoms with Crippen molar-refractivity contribution in [3.63, 3.8) is 0 Å². The van der Waals surface area contributed by atoms with Gasteiger partial charge >= 0.3 is 0 Å². The highest BCUT2D eigenvalue weighted by atomic mass is 127. The molecule has 3 N–H and O–H groups in total. The Hall–Kier alpha value is -1.31. The number of amides is 1. The van der Waals surface area contributed by atoms with Gasteiger partial charge in [0, 0.05) is 32.6 Å². The predicted molar refractivity (Wildman–Crippen MR) is 107 cm³/mol. The minimum Gasteiger partial charge on any atom is -0.356 e. The first-order valence-corrected chi connectivity index (χ1v) is 7.84. The van der Waals surface area contributed by atoms with Crippen molar-refractivity contribution >= 4 is 35.8 Å². The molecule has 130 valence electrons. The predicted octanol–water partition coefficient (Wildman–Crippen LogP) is 2.58. The van der Waals surface area contributed by atoms with Crippen molar-refractivity contribution in [2.45, 2.75) is 46.2 Å². The van der Waals surface area contributed by atoms with E-state index in [0.717, 1.165) is 6.42 Å². The Bertz CT molecular complexity index is 505. The maximum absolute atomic E-state index is 11.7. The van der Waals surface area contributed by atoms with Gasteiger partial charge in [0.1, 0.15) is 0 Å². The van der Waals surface area contributed by atoms with Gasteiger partial charge in [-0.25, -0.2) is 0 Å². The lowest BCUT2D eigenvalue weighted by molar-refractivity contribution is -0.121. The van der Waals surface area contributed by atoms with Gasteiger partial charge in [-0.1, -0.05) is 36.8 Å². The molecule has 1 unspecified atom stereocenters. The van der Waals surface area contributed by atoms with Crippen molar-refractivity contribution < 1.29 is 4.79 Å². The highest BCUT2D eigenvalue weighted by Crippen LogP contribution is 2.02. The summed E-state index contributed by atoms with van der Waals surface area (Å²) in [6, 6.07) is 8.56. The molecular weight excluding hydrogens is 403 g/mol. The second kappa shape index (κ2) is 12.2. The molecule has 0 aliphatic heterocycles. The summed E-state index contributed by atoms with van der Waals surface area (Å²) in [7, 11) is 1.73. The van der Waals surface area contributed by atoms with Gasteiger partial charge in [-0.2, -0.15) is 0 Å². The summed E-state index contributed by atoms with van der Waals surface area (Å²) in [5.74, 6) is 0.772. The van der Waals surface area contributed by atoms with Crippen LogP contribution >= 0.6 is 24.0 Å². The van der Waals surface area contributed by atoms with Crippen molar-refractivity contribution in [2.75, 3.05) is 13.6 Å². The lowest BCUT2D eigenvalue weighted by Crippen LogP contribution is -2.40. The van der Waals surface area contributed by atoms with E-state index in [2.05, 4.69) is 53.0 Å². The van der Waals surface area contributed by atoms with Crippen molar-refractivity contribution in [3.05, 3.63) is 35.4 Å². The summed E-state index contributed by atoms with van der Waals surface area (Å²) in [6.07, 6.45) is 1.38. The Balaban J connectivity index is 0.00000484. The van der Waals surface area contributed by atoms with Crippen LogP contribution < -0.4 is 16.0 Å². The normalized spacial score (nSPS) is 12.1. The lowest BCUT2D eigenvalue weighted by atomic mass is 10.1. The van der Waals surface area contributed by atoms with Crippen LogP contribution in [0.5, 0.6) is 0 Å². The van der Waals surface area contributed by atoms with Crippen LogP contribution in [-0.4, -0.2) is 31.5 Å². The molecule has 0 spiro atoms. The van der Waals surface area contributed by atoms with Crippen molar-refractivity contribution in [3.8, 4) is 0 Å². The number of hydrogen-bond acceptors (Lipinski definition) is 2. The zero-order chi connectivity index (χ0) is 16.4. The van der Waals surface area contributed by atoms with Crippen LogP contribution in [0.15, 0.2) is 29.3 Å². The number of rotatable bonds is 7. The zero-order valence-corrected chi connectivity index (χ0v) is 16.8. The minimum atomic E-state index is 0. The number of hydrogen-bond donors (Lipinski definition) is 3. The first-order valence-electron chi connectivity index (χ1n) is 7.84. The molecule has 0 radical (unpaired) electrons. The summed E-state index contributed by atoms with van der Waals surface area (Å²) < 4.78 is 0. The molecule has 0 aliphatic rings. The molecule has 23 heavy (non-hydrogen) atoms. The molecule has 1 rings (SSSR count). The van der Waals surface area contributed by atoms with E-state index in [-0.39, 0.29) is 35.9 Å². The number of guanidine groups is 1. The molecule has 0 fully saturated rings. The first kappa shape index (κ1) is 21.7. The average molecular weight is 432 g/mol. The molecule has 1 atom stereocenters. The zero-order valence-electron chi connectivity index (χ0n) is 14.5. The fourth-order valence-corrected chi connectivity index (χ4v) is 1.97. The van der Waals surface area contributed by atoms with Gasteiger partial charge in [0.2, 0.25) is 5.91 Å². The van der Waals surface area contributed by atoms with Gasteiger partial charge < -0.3 is 16.0 Å². The van der Waals surface area contributed by atoms with Gasteiger partial charge in [0.25, 0.3) is 0 Å². The smallest absolute Gasteiger partial charge is 0.221 e. The van der Waals surface area contributed by atoms with Gasteiger partial charge in [-0.05, 0) is 25.8 Å². The standard InChI is InChI=1S/C17H28N4O.HI/c1-5-14(3)21-16(22)9-10-19-17(18-4)20-12-15-8-6-7-13(2)11-15;/h6-8,11,14H,5,9-10,12H2,1-4H3,(H,21,22)(H2,18,19,20);1H. The van der Waals surface area contributed by atoms with Crippen molar-refractivity contribution in [2.24, 2.45) is 4.99 Å². The van der Waals surface area contributed by atoms with Crippen molar-refractivity contribution in [1.82, 2.24) is 16.0 Å². The van der Waals surface area contributed by atoms with E-state index in [9.17, 15) is 4.79 Å². The van der Waals surface area contributed by atoms with Crippen LogP contribution in [-0.2, 0) is 11.3 Å². The second-order valence-corrected chi connectivity index (χ2v) is 5.47. The molecule has 1 amide bonds. The molecule has 0 saturated heterocycles. The molecule has 6 heteroatoms. The molecule has 1 aromatic carbocycles. The maximum atomic E-state index is 11.7. The summed E-state index contributed by atoms with van der Waals surface area (Å²) in [4.78, 5) is 15.8. The first-order chi connectivity index (χ1) is 10.5. The topological polar surface area (TPSA) is 65.5 Å². The molecule has 0 bridgehead atoms. The second-order valence-electron chi connectivity index (χ2n) is 5.47. The number of aliphatic imine (C=N–C) groups is 1. The van der Waals surface area contributed by atoms with Crippen LogP contribution in [0.25, 0.3) is 0 Å². The Labute approximate surface area is 156 Å². The third-order valence-corrected chi connectivity index (χ3v) is 3.43. The Kier molecular flexibility index (Phi) is 11.5. The quantitative estimate of drug-likeness (QED) is 0.353. The van der Waals surface area contributed by atoms with Gasteiger partial charge in [-0.15, -0.1) is 24.0 Å². The highest BCUT2D eigenvalue weighted by molar-refractivity contribution is 14.0. The fourth-order valence-electron chi connectivity index (χ4n) is 1.97. The van der Waals surface area contributed by atoms with Crippen LogP contribution in [0.4, 0.5) is 0 Å². The monoisotopic (exact) mass is 432 g/mol. The SMILES string of the molecule is CCC(C)NC(=O)CCNC(=NC)NCc1cccc(C)c1.I. The van der Waals surface area contributed by atoms with Crippen LogP contribution in [0, 0.1) is 6.92 Å². The average Bonchev–Trinajstić information content (AvgIpc) is 2.50. The number of halogens is 1. The number of nitrogens with zero attached hydrogens (tertiary/aromatic N) is 1. The number of benzene rings is 1. The highest BCUT2D eigenvalue weighted by Gasteiger charge is 2.05. The molecule has 1 aromatic rings. The van der Waals surface area contributed by atoms with E-state index in [1.807, 2.05) is 13.0 Å². The molecule has 0 aliphatic carbocycles. The Morgan fingerprint density at radius 1 is 1.30 bits per heavy atom. The summed E-state index contributed by atoms with van der Waals surface area (Å²) in [6.45, 7) is 7.41. The van der Waals surface area contributed by atoms with E-state index in [4.69, 9.17) is 0 Å². The maximum Gasteiger partial charge on any atom is 0.221 e. The van der Waals surface area contributed by atoms with Gasteiger partial charge in [0.15, 0.2) is 5.96 Å². The van der Waals surface area contributed by atoms with Crippen molar-refractivity contribution in [1.29, 1.82) is 0 Å². The van der Waals surface area contributed by atoms with E-state index < -0.39 is 0 Å². The summed E-state index contributed by atoms with van der Waals surface area (Å²) >= 11 is 0. The lowest BCUT2D eigenvalue weighted by Gasteiger charge is -2.14. The Morgan fingerprint density at radius 2 is 2.04 bits per heavy atom.